The van der Waals surface area contributed by atoms with Gasteiger partial charge in [-0.3, -0.25) is 0 Å². The minimum Gasteiger partial charge on any atom is -0.494 e. The zero-order chi connectivity index (χ0) is 12.1. The number of ether oxygens (including phenoxy) is 1. The molecule has 1 saturated carbocycles. The van der Waals surface area contributed by atoms with Gasteiger partial charge in [0.05, 0.1) is 6.61 Å². The van der Waals surface area contributed by atoms with Crippen LogP contribution in [-0.4, -0.2) is 12.6 Å². The molecule has 1 aromatic carbocycles. The third-order valence-electron chi connectivity index (χ3n) is 3.53. The molecule has 2 rings (SSSR count). The Hall–Kier alpha value is -1.02. The van der Waals surface area contributed by atoms with Gasteiger partial charge in [-0.05, 0) is 32.8 Å². The van der Waals surface area contributed by atoms with E-state index >= 15 is 0 Å². The first kappa shape index (κ1) is 12.4. The van der Waals surface area contributed by atoms with Crippen molar-refractivity contribution in [3.05, 3.63) is 29.8 Å². The molecule has 2 nitrogen and oxygen atoms in total. The fourth-order valence-corrected chi connectivity index (χ4v) is 2.66. The molecule has 0 bridgehead atoms. The van der Waals surface area contributed by atoms with Gasteiger partial charge in [0, 0.05) is 17.6 Å². The van der Waals surface area contributed by atoms with Crippen LogP contribution in [0.2, 0.25) is 0 Å². The zero-order valence-corrected chi connectivity index (χ0v) is 10.9. The van der Waals surface area contributed by atoms with Gasteiger partial charge in [0.25, 0.3) is 0 Å². The number of para-hydroxylation sites is 1. The molecule has 1 N–H and O–H groups in total. The van der Waals surface area contributed by atoms with Crippen LogP contribution in [0.25, 0.3) is 0 Å². The number of benzene rings is 1. The van der Waals surface area contributed by atoms with E-state index in [1.807, 2.05) is 13.0 Å². The molecule has 1 fully saturated rings. The molecule has 94 valence electrons. The Balaban J connectivity index is 2.03. The van der Waals surface area contributed by atoms with Crippen molar-refractivity contribution in [3.8, 4) is 5.75 Å². The van der Waals surface area contributed by atoms with Gasteiger partial charge in [-0.1, -0.05) is 31.0 Å². The van der Waals surface area contributed by atoms with Crippen molar-refractivity contribution in [2.75, 3.05) is 6.61 Å². The average molecular weight is 233 g/mol. The van der Waals surface area contributed by atoms with Crippen molar-refractivity contribution in [1.29, 1.82) is 0 Å². The Morgan fingerprint density at radius 2 is 2.00 bits per heavy atom. The summed E-state index contributed by atoms with van der Waals surface area (Å²) in [5.74, 6) is 1.02. The molecule has 0 heterocycles. The van der Waals surface area contributed by atoms with Crippen LogP contribution in [0.3, 0.4) is 0 Å². The van der Waals surface area contributed by atoms with Crippen molar-refractivity contribution in [2.45, 2.75) is 51.6 Å². The van der Waals surface area contributed by atoms with Crippen molar-refractivity contribution in [1.82, 2.24) is 5.32 Å². The zero-order valence-electron chi connectivity index (χ0n) is 10.9. The molecule has 1 aromatic rings. The minimum absolute atomic E-state index is 0.376. The molecule has 1 aliphatic rings. The van der Waals surface area contributed by atoms with Gasteiger partial charge < -0.3 is 10.1 Å². The minimum atomic E-state index is 0.376. The molecule has 0 aromatic heterocycles. The summed E-state index contributed by atoms with van der Waals surface area (Å²) in [6.45, 7) is 5.00. The summed E-state index contributed by atoms with van der Waals surface area (Å²) in [6, 6.07) is 9.42. The summed E-state index contributed by atoms with van der Waals surface area (Å²) in [6.07, 6.45) is 5.39. The molecule has 1 unspecified atom stereocenters. The summed E-state index contributed by atoms with van der Waals surface area (Å²) in [4.78, 5) is 0. The maximum Gasteiger partial charge on any atom is 0.124 e. The summed E-state index contributed by atoms with van der Waals surface area (Å²) in [5.41, 5.74) is 1.28. The third-order valence-corrected chi connectivity index (χ3v) is 3.53. The lowest BCUT2D eigenvalue weighted by Gasteiger charge is -2.21. The summed E-state index contributed by atoms with van der Waals surface area (Å²) < 4.78 is 5.68. The smallest absolute Gasteiger partial charge is 0.124 e. The second-order valence-electron chi connectivity index (χ2n) is 4.84. The molecule has 2 heteroatoms. The molecule has 0 spiro atoms. The van der Waals surface area contributed by atoms with Gasteiger partial charge in [0.15, 0.2) is 0 Å². The van der Waals surface area contributed by atoms with E-state index in [0.29, 0.717) is 12.1 Å². The molecule has 1 atom stereocenters. The lowest BCUT2D eigenvalue weighted by Crippen LogP contribution is -2.29. The van der Waals surface area contributed by atoms with Gasteiger partial charge >= 0.3 is 0 Å². The first-order valence-corrected chi connectivity index (χ1v) is 6.79. The van der Waals surface area contributed by atoms with E-state index in [-0.39, 0.29) is 0 Å². The Morgan fingerprint density at radius 1 is 1.29 bits per heavy atom. The monoisotopic (exact) mass is 233 g/mol. The second kappa shape index (κ2) is 6.06. The third kappa shape index (κ3) is 3.22. The average Bonchev–Trinajstić information content (AvgIpc) is 2.83. The Bertz CT molecular complexity index is 345. The summed E-state index contributed by atoms with van der Waals surface area (Å²) in [7, 11) is 0. The lowest BCUT2D eigenvalue weighted by atomic mass is 10.1. The van der Waals surface area contributed by atoms with E-state index in [0.717, 1.165) is 12.4 Å². The quantitative estimate of drug-likeness (QED) is 0.837. The van der Waals surface area contributed by atoms with Crippen LogP contribution in [0.15, 0.2) is 24.3 Å². The van der Waals surface area contributed by atoms with E-state index in [2.05, 4.69) is 30.4 Å². The van der Waals surface area contributed by atoms with E-state index < -0.39 is 0 Å². The first-order valence-electron chi connectivity index (χ1n) is 6.79. The van der Waals surface area contributed by atoms with Crippen molar-refractivity contribution >= 4 is 0 Å². The fraction of sp³-hybridized carbons (Fsp3) is 0.600. The lowest BCUT2D eigenvalue weighted by molar-refractivity contribution is 0.330. The highest BCUT2D eigenvalue weighted by Crippen LogP contribution is 2.27. The van der Waals surface area contributed by atoms with E-state index in [4.69, 9.17) is 4.74 Å². The predicted octanol–water partition coefficient (Wildman–Crippen LogP) is 3.68. The molecule has 0 aliphatic heterocycles. The summed E-state index contributed by atoms with van der Waals surface area (Å²) >= 11 is 0. The molecule has 17 heavy (non-hydrogen) atoms. The Kier molecular flexibility index (Phi) is 4.43. The maximum atomic E-state index is 5.68. The van der Waals surface area contributed by atoms with Gasteiger partial charge in [-0.2, -0.15) is 0 Å². The van der Waals surface area contributed by atoms with E-state index in [1.165, 1.54) is 31.2 Å². The maximum absolute atomic E-state index is 5.68. The molecule has 0 radical (unpaired) electrons. The van der Waals surface area contributed by atoms with Crippen LogP contribution < -0.4 is 10.1 Å². The highest BCUT2D eigenvalue weighted by Gasteiger charge is 2.19. The molecule has 1 aliphatic carbocycles. The molecular weight excluding hydrogens is 210 g/mol. The van der Waals surface area contributed by atoms with Gasteiger partial charge in [0.2, 0.25) is 0 Å². The van der Waals surface area contributed by atoms with E-state index in [9.17, 15) is 0 Å². The first-order chi connectivity index (χ1) is 8.31. The molecule has 0 saturated heterocycles. The standard InChI is InChI=1S/C15H23NO/c1-3-17-15-11-7-6-10-14(15)12(2)16-13-8-4-5-9-13/h6-7,10-13,16H,3-5,8-9H2,1-2H3. The van der Waals surface area contributed by atoms with Gasteiger partial charge in [-0.25, -0.2) is 0 Å². The predicted molar refractivity (Wildman–Crippen MR) is 71.4 cm³/mol. The van der Waals surface area contributed by atoms with Crippen molar-refractivity contribution in [2.24, 2.45) is 0 Å². The van der Waals surface area contributed by atoms with Crippen LogP contribution in [0, 0.1) is 0 Å². The van der Waals surface area contributed by atoms with Crippen LogP contribution in [0.1, 0.15) is 51.1 Å². The van der Waals surface area contributed by atoms with Gasteiger partial charge in [0.1, 0.15) is 5.75 Å². The van der Waals surface area contributed by atoms with Crippen LogP contribution >= 0.6 is 0 Å². The number of hydrogen-bond acceptors (Lipinski definition) is 2. The Morgan fingerprint density at radius 3 is 2.71 bits per heavy atom. The summed E-state index contributed by atoms with van der Waals surface area (Å²) in [5, 5.41) is 3.71. The van der Waals surface area contributed by atoms with Crippen LogP contribution in [0.5, 0.6) is 5.75 Å². The van der Waals surface area contributed by atoms with Crippen LogP contribution in [-0.2, 0) is 0 Å². The van der Waals surface area contributed by atoms with E-state index in [1.54, 1.807) is 0 Å². The van der Waals surface area contributed by atoms with Gasteiger partial charge in [-0.15, -0.1) is 0 Å². The fourth-order valence-electron chi connectivity index (χ4n) is 2.66. The molecular formula is C15H23NO. The highest BCUT2D eigenvalue weighted by molar-refractivity contribution is 5.35. The number of hydrogen-bond donors (Lipinski definition) is 1. The normalized spacial score (nSPS) is 18.2. The topological polar surface area (TPSA) is 21.3 Å². The number of rotatable bonds is 5. The SMILES string of the molecule is CCOc1ccccc1C(C)NC1CCCC1. The second-order valence-corrected chi connectivity index (χ2v) is 4.84. The Labute approximate surface area is 104 Å². The highest BCUT2D eigenvalue weighted by atomic mass is 16.5. The number of nitrogens with one attached hydrogen (secondary N) is 1. The van der Waals surface area contributed by atoms with Crippen molar-refractivity contribution in [3.63, 3.8) is 0 Å². The molecule has 0 amide bonds. The largest absolute Gasteiger partial charge is 0.494 e. The van der Waals surface area contributed by atoms with Crippen molar-refractivity contribution < 1.29 is 4.74 Å². The van der Waals surface area contributed by atoms with Crippen LogP contribution in [0.4, 0.5) is 0 Å².